The van der Waals surface area contributed by atoms with E-state index in [4.69, 9.17) is 5.73 Å². The highest BCUT2D eigenvalue weighted by Gasteiger charge is 2.40. The number of nitrogens with two attached hydrogens (primary N) is 1. The second-order valence-corrected chi connectivity index (χ2v) is 4.93. The maximum absolute atomic E-state index is 5.65. The molecule has 12 heavy (non-hydrogen) atoms. The SMILES string of the molecule is CC(C)(C)C#CCC1(CN)CC1. The van der Waals surface area contributed by atoms with E-state index < -0.39 is 0 Å². The summed E-state index contributed by atoms with van der Waals surface area (Å²) in [5.74, 6) is 6.50. The van der Waals surface area contributed by atoms with Gasteiger partial charge in [-0.2, -0.15) is 0 Å². The van der Waals surface area contributed by atoms with Crippen LogP contribution in [0, 0.1) is 22.7 Å². The first kappa shape index (κ1) is 9.61. The molecule has 0 atom stereocenters. The minimum Gasteiger partial charge on any atom is -0.330 e. The Morgan fingerprint density at radius 2 is 1.92 bits per heavy atom. The van der Waals surface area contributed by atoms with Crippen molar-refractivity contribution in [3.8, 4) is 11.8 Å². The van der Waals surface area contributed by atoms with Crippen LogP contribution in [0.5, 0.6) is 0 Å². The van der Waals surface area contributed by atoms with Crippen LogP contribution in [0.25, 0.3) is 0 Å². The third-order valence-electron chi connectivity index (χ3n) is 2.32. The van der Waals surface area contributed by atoms with Crippen LogP contribution in [0.3, 0.4) is 0 Å². The lowest BCUT2D eigenvalue weighted by atomic mass is 9.96. The van der Waals surface area contributed by atoms with Gasteiger partial charge in [-0.05, 0) is 45.6 Å². The van der Waals surface area contributed by atoms with Crippen LogP contribution in [-0.4, -0.2) is 6.54 Å². The minimum absolute atomic E-state index is 0.144. The highest BCUT2D eigenvalue weighted by Crippen LogP contribution is 2.47. The van der Waals surface area contributed by atoms with Crippen LogP contribution in [0.2, 0.25) is 0 Å². The molecule has 68 valence electrons. The lowest BCUT2D eigenvalue weighted by Crippen LogP contribution is -2.14. The van der Waals surface area contributed by atoms with Gasteiger partial charge in [-0.15, -0.1) is 5.92 Å². The molecule has 0 spiro atoms. The largest absolute Gasteiger partial charge is 0.330 e. The molecule has 0 aromatic carbocycles. The van der Waals surface area contributed by atoms with Crippen LogP contribution in [-0.2, 0) is 0 Å². The molecule has 1 fully saturated rings. The van der Waals surface area contributed by atoms with Crippen LogP contribution in [0.4, 0.5) is 0 Å². The lowest BCUT2D eigenvalue weighted by molar-refractivity contribution is 0.535. The molecule has 0 saturated heterocycles. The fourth-order valence-electron chi connectivity index (χ4n) is 1.13. The first-order valence-corrected chi connectivity index (χ1v) is 4.68. The van der Waals surface area contributed by atoms with Gasteiger partial charge in [0.15, 0.2) is 0 Å². The van der Waals surface area contributed by atoms with Crippen molar-refractivity contribution in [2.45, 2.75) is 40.0 Å². The van der Waals surface area contributed by atoms with E-state index >= 15 is 0 Å². The van der Waals surface area contributed by atoms with E-state index in [1.54, 1.807) is 0 Å². The lowest BCUT2D eigenvalue weighted by Gasteiger charge is -2.09. The van der Waals surface area contributed by atoms with Crippen LogP contribution < -0.4 is 5.73 Å². The number of hydrogen-bond acceptors (Lipinski definition) is 1. The number of hydrogen-bond donors (Lipinski definition) is 1. The van der Waals surface area contributed by atoms with Crippen molar-refractivity contribution in [2.75, 3.05) is 6.54 Å². The quantitative estimate of drug-likeness (QED) is 0.623. The summed E-state index contributed by atoms with van der Waals surface area (Å²) in [5.41, 5.74) is 6.21. The van der Waals surface area contributed by atoms with E-state index in [0.29, 0.717) is 5.41 Å². The van der Waals surface area contributed by atoms with Crippen LogP contribution >= 0.6 is 0 Å². The molecule has 2 N–H and O–H groups in total. The second kappa shape index (κ2) is 3.11. The van der Waals surface area contributed by atoms with Crippen molar-refractivity contribution in [1.82, 2.24) is 0 Å². The molecule has 0 heterocycles. The van der Waals surface area contributed by atoms with Gasteiger partial charge in [-0.1, -0.05) is 5.92 Å². The fraction of sp³-hybridized carbons (Fsp3) is 0.818. The standard InChI is InChI=1S/C11H19N/c1-10(2,3)5-4-6-11(9-12)7-8-11/h6-9,12H2,1-3H3. The third-order valence-corrected chi connectivity index (χ3v) is 2.32. The molecule has 1 nitrogen and oxygen atoms in total. The predicted molar refractivity (Wildman–Crippen MR) is 52.6 cm³/mol. The average molecular weight is 165 g/mol. The summed E-state index contributed by atoms with van der Waals surface area (Å²) < 4.78 is 0. The first-order chi connectivity index (χ1) is 5.47. The van der Waals surface area contributed by atoms with Crippen molar-refractivity contribution >= 4 is 0 Å². The molecule has 1 rings (SSSR count). The van der Waals surface area contributed by atoms with Gasteiger partial charge in [0.2, 0.25) is 0 Å². The zero-order valence-corrected chi connectivity index (χ0v) is 8.41. The smallest absolute Gasteiger partial charge is 0.0230 e. The van der Waals surface area contributed by atoms with Gasteiger partial charge in [0.25, 0.3) is 0 Å². The Kier molecular flexibility index (Phi) is 2.49. The van der Waals surface area contributed by atoms with E-state index in [1.807, 2.05) is 0 Å². The van der Waals surface area contributed by atoms with Crippen LogP contribution in [0.15, 0.2) is 0 Å². The van der Waals surface area contributed by atoms with E-state index in [0.717, 1.165) is 13.0 Å². The highest BCUT2D eigenvalue weighted by atomic mass is 14.6. The van der Waals surface area contributed by atoms with Gasteiger partial charge in [0.05, 0.1) is 0 Å². The summed E-state index contributed by atoms with van der Waals surface area (Å²) in [4.78, 5) is 0. The Hall–Kier alpha value is -0.480. The maximum Gasteiger partial charge on any atom is 0.0230 e. The summed E-state index contributed by atoms with van der Waals surface area (Å²) in [6.45, 7) is 7.23. The summed E-state index contributed by atoms with van der Waals surface area (Å²) >= 11 is 0. The molecule has 1 heteroatoms. The Bertz CT molecular complexity index is 207. The molecule has 0 aromatic rings. The molecular weight excluding hydrogens is 146 g/mol. The second-order valence-electron chi connectivity index (χ2n) is 4.93. The van der Waals surface area contributed by atoms with Crippen molar-refractivity contribution in [3.63, 3.8) is 0 Å². The van der Waals surface area contributed by atoms with Gasteiger partial charge in [0.1, 0.15) is 0 Å². The fourth-order valence-corrected chi connectivity index (χ4v) is 1.13. The van der Waals surface area contributed by atoms with Crippen molar-refractivity contribution in [1.29, 1.82) is 0 Å². The molecule has 0 radical (unpaired) electrons. The summed E-state index contributed by atoms with van der Waals surface area (Å²) in [7, 11) is 0. The zero-order chi connectivity index (χ0) is 9.24. The topological polar surface area (TPSA) is 26.0 Å². The normalized spacial score (nSPS) is 19.7. The Morgan fingerprint density at radius 3 is 2.25 bits per heavy atom. The van der Waals surface area contributed by atoms with Gasteiger partial charge in [-0.3, -0.25) is 0 Å². The van der Waals surface area contributed by atoms with E-state index in [-0.39, 0.29) is 5.41 Å². The van der Waals surface area contributed by atoms with E-state index in [1.165, 1.54) is 12.8 Å². The Morgan fingerprint density at radius 1 is 1.33 bits per heavy atom. The molecule has 0 unspecified atom stereocenters. The zero-order valence-electron chi connectivity index (χ0n) is 8.41. The number of rotatable bonds is 2. The minimum atomic E-state index is 0.144. The molecular formula is C11H19N. The monoisotopic (exact) mass is 165 g/mol. The van der Waals surface area contributed by atoms with E-state index in [2.05, 4.69) is 32.6 Å². The van der Waals surface area contributed by atoms with Gasteiger partial charge in [0, 0.05) is 11.8 Å². The Labute approximate surface area is 75.7 Å². The molecule has 0 bridgehead atoms. The first-order valence-electron chi connectivity index (χ1n) is 4.68. The summed E-state index contributed by atoms with van der Waals surface area (Å²) in [6, 6.07) is 0. The average Bonchev–Trinajstić information content (AvgIpc) is 2.67. The summed E-state index contributed by atoms with van der Waals surface area (Å²) in [5, 5.41) is 0. The van der Waals surface area contributed by atoms with Gasteiger partial charge in [-0.25, -0.2) is 0 Å². The van der Waals surface area contributed by atoms with Crippen LogP contribution in [0.1, 0.15) is 40.0 Å². The van der Waals surface area contributed by atoms with E-state index in [9.17, 15) is 0 Å². The van der Waals surface area contributed by atoms with Crippen molar-refractivity contribution < 1.29 is 0 Å². The predicted octanol–water partition coefficient (Wildman–Crippen LogP) is 2.16. The maximum atomic E-state index is 5.65. The molecule has 1 aliphatic rings. The highest BCUT2D eigenvalue weighted by molar-refractivity contribution is 5.12. The Balaban J connectivity index is 2.37. The molecule has 1 saturated carbocycles. The third kappa shape index (κ3) is 2.87. The molecule has 1 aliphatic carbocycles. The molecule has 0 aromatic heterocycles. The summed E-state index contributed by atoms with van der Waals surface area (Å²) in [6.07, 6.45) is 3.56. The van der Waals surface area contributed by atoms with Crippen molar-refractivity contribution in [2.24, 2.45) is 16.6 Å². The molecule has 0 amide bonds. The van der Waals surface area contributed by atoms with Crippen molar-refractivity contribution in [3.05, 3.63) is 0 Å². The van der Waals surface area contributed by atoms with Gasteiger partial charge >= 0.3 is 0 Å². The molecule has 0 aliphatic heterocycles. The van der Waals surface area contributed by atoms with Gasteiger partial charge < -0.3 is 5.73 Å².